The van der Waals surface area contributed by atoms with Crippen LogP contribution >= 0.6 is 0 Å². The van der Waals surface area contributed by atoms with Gasteiger partial charge in [-0.05, 0) is 55.2 Å². The molecule has 0 radical (unpaired) electrons. The lowest BCUT2D eigenvalue weighted by Gasteiger charge is -2.22. The largest absolute Gasteiger partial charge is 0.452 e. The van der Waals surface area contributed by atoms with E-state index in [-0.39, 0.29) is 35.1 Å². The molecule has 0 bridgehead atoms. The van der Waals surface area contributed by atoms with Crippen molar-refractivity contribution in [2.45, 2.75) is 20.3 Å². The van der Waals surface area contributed by atoms with E-state index in [1.165, 1.54) is 17.0 Å². The van der Waals surface area contributed by atoms with E-state index >= 15 is 0 Å². The van der Waals surface area contributed by atoms with Gasteiger partial charge >= 0.3 is 5.97 Å². The number of ether oxygens (including phenoxy) is 1. The van der Waals surface area contributed by atoms with Crippen molar-refractivity contribution in [1.82, 2.24) is 0 Å². The van der Waals surface area contributed by atoms with E-state index in [0.717, 1.165) is 5.56 Å². The number of amides is 3. The van der Waals surface area contributed by atoms with Gasteiger partial charge in [0, 0.05) is 5.69 Å². The van der Waals surface area contributed by atoms with Crippen molar-refractivity contribution in [2.75, 3.05) is 16.8 Å². The highest BCUT2D eigenvalue weighted by Gasteiger charge is 2.50. The number of benzene rings is 2. The third-order valence-corrected chi connectivity index (χ3v) is 5.99. The first kappa shape index (κ1) is 21.5. The number of imide groups is 1. The van der Waals surface area contributed by atoms with Gasteiger partial charge < -0.3 is 10.1 Å². The minimum atomic E-state index is -0.665. The van der Waals surface area contributed by atoms with Crippen molar-refractivity contribution >= 4 is 35.1 Å². The second kappa shape index (κ2) is 8.78. The predicted molar refractivity (Wildman–Crippen MR) is 119 cm³/mol. The Balaban J connectivity index is 1.38. The molecule has 32 heavy (non-hydrogen) atoms. The van der Waals surface area contributed by atoms with E-state index in [2.05, 4.69) is 5.32 Å². The number of para-hydroxylation sites is 1. The third-order valence-electron chi connectivity index (χ3n) is 5.99. The zero-order valence-electron chi connectivity index (χ0n) is 17.9. The third kappa shape index (κ3) is 4.06. The number of aryl methyl sites for hydroxylation is 1. The zero-order chi connectivity index (χ0) is 22.8. The molecular weight excluding hydrogens is 408 g/mol. The monoisotopic (exact) mass is 432 g/mol. The number of carbonyl (C=O) groups excluding carboxylic acids is 4. The van der Waals surface area contributed by atoms with Crippen molar-refractivity contribution in [1.29, 1.82) is 0 Å². The van der Waals surface area contributed by atoms with Gasteiger partial charge in [0.25, 0.3) is 5.91 Å². The average Bonchev–Trinajstić information content (AvgIpc) is 3.05. The fourth-order valence-electron chi connectivity index (χ4n) is 4.26. The molecule has 1 saturated heterocycles. The molecule has 1 N–H and O–H groups in total. The summed E-state index contributed by atoms with van der Waals surface area (Å²) in [6.45, 7) is 3.38. The molecule has 3 atom stereocenters. The average molecular weight is 432 g/mol. The number of anilines is 2. The van der Waals surface area contributed by atoms with Crippen LogP contribution < -0.4 is 10.2 Å². The Morgan fingerprint density at radius 3 is 2.47 bits per heavy atom. The van der Waals surface area contributed by atoms with Gasteiger partial charge in [-0.15, -0.1) is 0 Å². The number of fused-ring (bicyclic) bond motifs is 1. The highest BCUT2D eigenvalue weighted by Crippen LogP contribution is 2.40. The van der Waals surface area contributed by atoms with Crippen LogP contribution in [-0.2, 0) is 19.1 Å². The normalized spacial score (nSPS) is 21.9. The molecule has 1 aliphatic heterocycles. The molecule has 0 spiro atoms. The lowest BCUT2D eigenvalue weighted by molar-refractivity contribution is -0.123. The summed E-state index contributed by atoms with van der Waals surface area (Å²) in [4.78, 5) is 51.3. The maximum absolute atomic E-state index is 12.9. The Labute approximate surface area is 186 Å². The maximum Gasteiger partial charge on any atom is 0.338 e. The molecule has 3 amide bonds. The number of allylic oxidation sites excluding steroid dienone is 2. The van der Waals surface area contributed by atoms with Crippen molar-refractivity contribution in [3.63, 3.8) is 0 Å². The minimum Gasteiger partial charge on any atom is -0.452 e. The summed E-state index contributed by atoms with van der Waals surface area (Å²) in [7, 11) is 0. The topological polar surface area (TPSA) is 92.8 Å². The number of nitrogens with one attached hydrogen (secondary N) is 1. The van der Waals surface area contributed by atoms with Gasteiger partial charge in [0.15, 0.2) is 6.61 Å². The first-order chi connectivity index (χ1) is 15.4. The number of esters is 1. The van der Waals surface area contributed by atoms with E-state index in [9.17, 15) is 19.2 Å². The molecule has 0 aromatic heterocycles. The molecule has 0 unspecified atom stereocenters. The first-order valence-electron chi connectivity index (χ1n) is 10.5. The molecule has 7 heteroatoms. The van der Waals surface area contributed by atoms with E-state index in [1.807, 2.05) is 38.1 Å². The smallest absolute Gasteiger partial charge is 0.338 e. The second-order valence-electron chi connectivity index (χ2n) is 8.15. The quantitative estimate of drug-likeness (QED) is 0.444. The van der Waals surface area contributed by atoms with Gasteiger partial charge in [-0.2, -0.15) is 0 Å². The number of rotatable bonds is 5. The molecule has 1 heterocycles. The van der Waals surface area contributed by atoms with Gasteiger partial charge in [0.05, 0.1) is 23.1 Å². The van der Waals surface area contributed by atoms with Crippen LogP contribution in [0.5, 0.6) is 0 Å². The van der Waals surface area contributed by atoms with E-state index in [0.29, 0.717) is 17.8 Å². The molecule has 2 aromatic carbocycles. The molecule has 4 rings (SSSR count). The molecule has 2 aliphatic rings. The first-order valence-corrected chi connectivity index (χ1v) is 10.5. The minimum absolute atomic E-state index is 0.00951. The Bertz CT molecular complexity index is 1110. The van der Waals surface area contributed by atoms with Crippen LogP contribution in [0.1, 0.15) is 29.3 Å². The molecule has 0 saturated carbocycles. The summed E-state index contributed by atoms with van der Waals surface area (Å²) in [6, 6.07) is 13.4. The van der Waals surface area contributed by atoms with Crippen molar-refractivity contribution in [3.05, 3.63) is 71.8 Å². The van der Waals surface area contributed by atoms with Crippen LogP contribution in [0.4, 0.5) is 11.4 Å². The lowest BCUT2D eigenvalue weighted by atomic mass is 9.78. The molecule has 2 aromatic rings. The summed E-state index contributed by atoms with van der Waals surface area (Å²) >= 11 is 0. The maximum atomic E-state index is 12.9. The summed E-state index contributed by atoms with van der Waals surface area (Å²) in [6.07, 6.45) is 4.49. The van der Waals surface area contributed by atoms with Crippen LogP contribution in [0.3, 0.4) is 0 Å². The number of hydrogen-bond acceptors (Lipinski definition) is 5. The Morgan fingerprint density at radius 2 is 1.78 bits per heavy atom. The van der Waals surface area contributed by atoms with E-state index in [4.69, 9.17) is 4.74 Å². The fraction of sp³-hybridized carbons (Fsp3) is 0.280. The zero-order valence-corrected chi connectivity index (χ0v) is 17.9. The van der Waals surface area contributed by atoms with Crippen LogP contribution in [-0.4, -0.2) is 30.3 Å². The molecule has 1 fully saturated rings. The predicted octanol–water partition coefficient (Wildman–Crippen LogP) is 3.49. The Hall–Kier alpha value is -3.74. The van der Waals surface area contributed by atoms with Crippen molar-refractivity contribution in [2.24, 2.45) is 17.8 Å². The van der Waals surface area contributed by atoms with Gasteiger partial charge in [-0.1, -0.05) is 37.3 Å². The molecule has 164 valence electrons. The SMILES string of the molecule is Cc1ccccc1NC(=O)COC(=O)c1ccc(N2C(=O)[C@H]3[C@@H](C)C=CC[C@H]3C2=O)cc1. The molecule has 7 nitrogen and oxygen atoms in total. The summed E-state index contributed by atoms with van der Waals surface area (Å²) in [5.74, 6) is -2.19. The number of carbonyl (C=O) groups is 4. The fourth-order valence-corrected chi connectivity index (χ4v) is 4.26. The summed E-state index contributed by atoms with van der Waals surface area (Å²) in [5.41, 5.74) is 2.21. The van der Waals surface area contributed by atoms with Crippen LogP contribution in [0.25, 0.3) is 0 Å². The van der Waals surface area contributed by atoms with Gasteiger partial charge in [0.2, 0.25) is 11.8 Å². The highest BCUT2D eigenvalue weighted by molar-refractivity contribution is 6.22. The van der Waals surface area contributed by atoms with Gasteiger partial charge in [-0.25, -0.2) is 4.79 Å². The highest BCUT2D eigenvalue weighted by atomic mass is 16.5. The number of hydrogen-bond donors (Lipinski definition) is 1. The Kier molecular flexibility index (Phi) is 5.90. The van der Waals surface area contributed by atoms with Crippen molar-refractivity contribution < 1.29 is 23.9 Å². The summed E-state index contributed by atoms with van der Waals surface area (Å²) in [5, 5.41) is 2.70. The van der Waals surface area contributed by atoms with Gasteiger partial charge in [0.1, 0.15) is 0 Å². The molecule has 1 aliphatic carbocycles. The molecular formula is C25H24N2O5. The van der Waals surface area contributed by atoms with Gasteiger partial charge in [-0.3, -0.25) is 19.3 Å². The van der Waals surface area contributed by atoms with Crippen LogP contribution in [0.15, 0.2) is 60.7 Å². The lowest BCUT2D eigenvalue weighted by Crippen LogP contribution is -2.31. The van der Waals surface area contributed by atoms with Crippen LogP contribution in [0.2, 0.25) is 0 Å². The van der Waals surface area contributed by atoms with E-state index in [1.54, 1.807) is 24.3 Å². The standard InChI is InChI=1S/C25H24N2O5/c1-15-6-3-4-9-20(15)26-21(28)14-32-25(31)17-10-12-18(13-11-17)27-23(29)19-8-5-7-16(2)22(19)24(27)30/h3-7,9-13,16,19,22H,8,14H2,1-2H3,(H,26,28)/t16-,19+,22-/m0/s1. The van der Waals surface area contributed by atoms with E-state index < -0.39 is 18.5 Å². The second-order valence-corrected chi connectivity index (χ2v) is 8.15. The van der Waals surface area contributed by atoms with Crippen LogP contribution in [0, 0.1) is 24.7 Å². The Morgan fingerprint density at radius 1 is 1.06 bits per heavy atom. The number of nitrogens with zero attached hydrogens (tertiary/aromatic N) is 1. The van der Waals surface area contributed by atoms with Crippen molar-refractivity contribution in [3.8, 4) is 0 Å². The summed E-state index contributed by atoms with van der Waals surface area (Å²) < 4.78 is 5.09.